The summed E-state index contributed by atoms with van der Waals surface area (Å²) < 4.78 is 1.31. The molecule has 0 unspecified atom stereocenters. The van der Waals surface area contributed by atoms with E-state index >= 15 is 0 Å². The molecule has 0 radical (unpaired) electrons. The molecule has 0 fully saturated rings. The molecule has 4 nitrogen and oxygen atoms in total. The Morgan fingerprint density at radius 3 is 2.06 bits per heavy atom. The van der Waals surface area contributed by atoms with Gasteiger partial charge in [0.1, 0.15) is 5.40 Å². The number of aromatic hydroxyl groups is 2. The van der Waals surface area contributed by atoms with Gasteiger partial charge in [0.25, 0.3) is 0 Å². The van der Waals surface area contributed by atoms with E-state index in [-0.39, 0.29) is 11.8 Å². The maximum atomic E-state index is 9.50. The van der Waals surface area contributed by atoms with Crippen LogP contribution in [0.2, 0.25) is 0 Å². The fraction of sp³-hybridized carbons (Fsp3) is 0. The van der Waals surface area contributed by atoms with Gasteiger partial charge in [-0.1, -0.05) is 0 Å². The predicted octanol–water partition coefficient (Wildman–Crippen LogP) is 2.46. The summed E-state index contributed by atoms with van der Waals surface area (Å²) in [6, 6.07) is 9.77. The monoisotopic (exact) mass is 232 g/mol. The van der Waals surface area contributed by atoms with Gasteiger partial charge in [-0.25, -0.2) is 0 Å². The molecular weight excluding hydrogens is 224 g/mol. The highest BCUT2D eigenvalue weighted by Gasteiger charge is 2.07. The van der Waals surface area contributed by atoms with Crippen LogP contribution in [0.15, 0.2) is 41.3 Å². The van der Waals surface area contributed by atoms with Crippen molar-refractivity contribution in [2.24, 2.45) is 0 Å². The predicted molar refractivity (Wildman–Crippen MR) is 60.6 cm³/mol. The lowest BCUT2D eigenvalue weighted by Gasteiger charge is -2.06. The van der Waals surface area contributed by atoms with E-state index in [1.807, 2.05) is 5.40 Å². The van der Waals surface area contributed by atoms with Gasteiger partial charge < -0.3 is 10.2 Å². The van der Waals surface area contributed by atoms with E-state index < -0.39 is 0 Å². The Balaban J connectivity index is 2.39. The summed E-state index contributed by atoms with van der Waals surface area (Å²) in [5, 5.41) is 29.5. The second-order valence-electron chi connectivity index (χ2n) is 3.07. The lowest BCUT2D eigenvalue weighted by molar-refractivity contribution is 0.402. The third-order valence-corrected chi connectivity index (χ3v) is 2.70. The first kappa shape index (κ1) is 10.5. The molecule has 2 rings (SSSR count). The van der Waals surface area contributed by atoms with Crippen LogP contribution < -0.4 is 0 Å². The van der Waals surface area contributed by atoms with E-state index in [9.17, 15) is 10.2 Å². The first-order chi connectivity index (χ1) is 7.72. The zero-order valence-electron chi connectivity index (χ0n) is 8.16. The molecule has 2 N–H and O–H groups in total. The van der Waals surface area contributed by atoms with Gasteiger partial charge in [0.05, 0.1) is 5.69 Å². The van der Waals surface area contributed by atoms with Gasteiger partial charge in [0, 0.05) is 17.0 Å². The summed E-state index contributed by atoms with van der Waals surface area (Å²) >= 11 is 1.06. The minimum atomic E-state index is -0.0295. The molecular formula is C11H8N2O2S. The second kappa shape index (κ2) is 4.21. The van der Waals surface area contributed by atoms with E-state index in [1.54, 1.807) is 24.3 Å². The molecule has 0 amide bonds. The van der Waals surface area contributed by atoms with Crippen LogP contribution in [0.3, 0.4) is 0 Å². The molecule has 0 atom stereocenters. The van der Waals surface area contributed by atoms with Crippen LogP contribution in [0.25, 0.3) is 5.69 Å². The number of hydrogen-bond donors (Lipinski definition) is 2. The fourth-order valence-electron chi connectivity index (χ4n) is 1.40. The van der Waals surface area contributed by atoms with Crippen LogP contribution in [-0.2, 0) is 0 Å². The molecule has 0 aliphatic heterocycles. The molecule has 2 aromatic rings. The van der Waals surface area contributed by atoms with Crippen molar-refractivity contribution in [3.05, 3.63) is 36.4 Å². The van der Waals surface area contributed by atoms with E-state index in [4.69, 9.17) is 5.26 Å². The topological polar surface area (TPSA) is 69.2 Å². The molecule has 1 aromatic carbocycles. The number of thiocyanates is 1. The van der Waals surface area contributed by atoms with Crippen molar-refractivity contribution >= 4 is 11.8 Å². The van der Waals surface area contributed by atoms with Gasteiger partial charge in [-0.05, 0) is 36.0 Å². The third kappa shape index (κ3) is 1.83. The zero-order chi connectivity index (χ0) is 11.5. The van der Waals surface area contributed by atoms with Crippen molar-refractivity contribution in [1.29, 1.82) is 5.26 Å². The number of thioether (sulfide) groups is 1. The van der Waals surface area contributed by atoms with Crippen molar-refractivity contribution in [2.45, 2.75) is 4.90 Å². The molecule has 0 aliphatic rings. The smallest absolute Gasteiger partial charge is 0.198 e. The maximum absolute atomic E-state index is 9.50. The number of nitriles is 1. The summed E-state index contributed by atoms with van der Waals surface area (Å²) in [5.74, 6) is -0.0589. The molecule has 0 bridgehead atoms. The average Bonchev–Trinajstić information content (AvgIpc) is 2.61. The minimum Gasteiger partial charge on any atom is -0.494 e. The first-order valence-corrected chi connectivity index (χ1v) is 5.30. The highest BCUT2D eigenvalue weighted by molar-refractivity contribution is 8.03. The largest absolute Gasteiger partial charge is 0.494 e. The Morgan fingerprint density at radius 1 is 1.00 bits per heavy atom. The summed E-state index contributed by atoms with van der Waals surface area (Å²) in [7, 11) is 0. The van der Waals surface area contributed by atoms with Gasteiger partial charge in [-0.15, -0.1) is 0 Å². The van der Waals surface area contributed by atoms with Crippen LogP contribution in [0.1, 0.15) is 0 Å². The summed E-state index contributed by atoms with van der Waals surface area (Å²) in [5.41, 5.74) is 0.641. The molecule has 0 aliphatic carbocycles. The van der Waals surface area contributed by atoms with E-state index in [0.717, 1.165) is 16.7 Å². The van der Waals surface area contributed by atoms with Gasteiger partial charge >= 0.3 is 0 Å². The van der Waals surface area contributed by atoms with Crippen molar-refractivity contribution in [3.8, 4) is 22.8 Å². The van der Waals surface area contributed by atoms with Gasteiger partial charge in [-0.2, -0.15) is 5.26 Å². The number of hydrogen-bond acceptors (Lipinski definition) is 4. The summed E-state index contributed by atoms with van der Waals surface area (Å²) in [6.45, 7) is 0. The summed E-state index contributed by atoms with van der Waals surface area (Å²) in [6.07, 6.45) is 0. The highest BCUT2D eigenvalue weighted by atomic mass is 32.2. The van der Waals surface area contributed by atoms with Gasteiger partial charge in [-0.3, -0.25) is 4.57 Å². The Morgan fingerprint density at radius 2 is 1.56 bits per heavy atom. The summed E-state index contributed by atoms with van der Waals surface area (Å²) in [4.78, 5) is 0.817. The van der Waals surface area contributed by atoms with E-state index in [1.165, 1.54) is 16.7 Å². The number of nitrogens with zero attached hydrogens (tertiary/aromatic N) is 2. The van der Waals surface area contributed by atoms with Crippen molar-refractivity contribution in [2.75, 3.05) is 0 Å². The molecule has 16 heavy (non-hydrogen) atoms. The zero-order valence-corrected chi connectivity index (χ0v) is 8.98. The van der Waals surface area contributed by atoms with Crippen LogP contribution in [0.4, 0.5) is 0 Å². The molecule has 0 saturated heterocycles. The number of aromatic nitrogens is 1. The first-order valence-electron chi connectivity index (χ1n) is 4.48. The normalized spacial score (nSPS) is 9.94. The quantitative estimate of drug-likeness (QED) is 0.616. The highest BCUT2D eigenvalue weighted by Crippen LogP contribution is 2.27. The Bertz CT molecular complexity index is 521. The molecule has 80 valence electrons. The van der Waals surface area contributed by atoms with Crippen molar-refractivity contribution in [3.63, 3.8) is 0 Å². The van der Waals surface area contributed by atoms with Gasteiger partial charge in [0.2, 0.25) is 0 Å². The van der Waals surface area contributed by atoms with Crippen LogP contribution in [0.5, 0.6) is 11.8 Å². The van der Waals surface area contributed by atoms with Gasteiger partial charge in [0.15, 0.2) is 11.8 Å². The second-order valence-corrected chi connectivity index (χ2v) is 3.93. The van der Waals surface area contributed by atoms with E-state index in [0.29, 0.717) is 5.69 Å². The molecule has 0 spiro atoms. The molecule has 0 saturated carbocycles. The minimum absolute atomic E-state index is 0.0295. The lowest BCUT2D eigenvalue weighted by Crippen LogP contribution is -1.91. The lowest BCUT2D eigenvalue weighted by atomic mass is 10.3. The number of rotatable bonds is 2. The van der Waals surface area contributed by atoms with Crippen molar-refractivity contribution in [1.82, 2.24) is 4.57 Å². The van der Waals surface area contributed by atoms with Crippen LogP contribution in [-0.4, -0.2) is 14.8 Å². The Kier molecular flexibility index (Phi) is 2.75. The van der Waals surface area contributed by atoms with Crippen LogP contribution in [0, 0.1) is 10.7 Å². The molecule has 1 aromatic heterocycles. The maximum Gasteiger partial charge on any atom is 0.198 e. The third-order valence-electron chi connectivity index (χ3n) is 2.10. The van der Waals surface area contributed by atoms with Crippen molar-refractivity contribution < 1.29 is 10.2 Å². The Labute approximate surface area is 96.4 Å². The average molecular weight is 232 g/mol. The molecule has 1 heterocycles. The number of benzene rings is 1. The van der Waals surface area contributed by atoms with Crippen LogP contribution >= 0.6 is 11.8 Å². The standard InChI is InChI=1S/C11H8N2O2S/c12-7-16-9-3-1-8(2-4-9)13-10(14)5-6-11(13)15/h1-6,14-15H. The Hall–Kier alpha value is -2.06. The molecule has 5 heteroatoms. The SMILES string of the molecule is N#CSc1ccc(-n2c(O)ccc2O)cc1. The fourth-order valence-corrected chi connectivity index (χ4v) is 1.77. The van der Waals surface area contributed by atoms with E-state index in [2.05, 4.69) is 0 Å².